The van der Waals surface area contributed by atoms with Gasteiger partial charge in [0.1, 0.15) is 6.04 Å². The van der Waals surface area contributed by atoms with Crippen LogP contribution < -0.4 is 15.0 Å². The number of tetrazole rings is 1. The number of rotatable bonds is 9. The first-order valence-corrected chi connectivity index (χ1v) is 13.0. The number of fused-ring (bicyclic) bond motifs is 1. The van der Waals surface area contributed by atoms with Crippen LogP contribution in [0.25, 0.3) is 10.9 Å². The van der Waals surface area contributed by atoms with Gasteiger partial charge in [-0.25, -0.2) is 4.68 Å². The Labute approximate surface area is 232 Å². The Balaban J connectivity index is 1.74. The van der Waals surface area contributed by atoms with E-state index in [2.05, 4.69) is 42.5 Å². The first-order chi connectivity index (χ1) is 19.3. The Morgan fingerprint density at radius 3 is 2.33 bits per heavy atom. The number of hydrogen-bond donors (Lipinski definition) is 1. The molecule has 0 saturated carbocycles. The molecule has 2 aromatic carbocycles. The zero-order valence-corrected chi connectivity index (χ0v) is 23.3. The minimum Gasteiger partial charge on any atom is -0.493 e. The third-order valence-electron chi connectivity index (χ3n) is 6.75. The Hall–Kier alpha value is -4.57. The largest absolute Gasteiger partial charge is 0.493 e. The van der Waals surface area contributed by atoms with E-state index >= 15 is 0 Å². The maximum atomic E-state index is 13.8. The first-order valence-electron chi connectivity index (χ1n) is 13.0. The highest BCUT2D eigenvalue weighted by molar-refractivity contribution is 5.83. The Morgan fingerprint density at radius 1 is 0.950 bits per heavy atom. The fraction of sp³-hybridized carbons (Fsp3) is 0.300. The number of ether oxygens (including phenoxy) is 2. The molecular formula is C30H33N7O3. The molecule has 5 rings (SSSR count). The van der Waals surface area contributed by atoms with E-state index in [1.54, 1.807) is 31.2 Å². The lowest BCUT2D eigenvalue weighted by molar-refractivity contribution is 0.184. The van der Waals surface area contributed by atoms with Crippen LogP contribution >= 0.6 is 0 Å². The van der Waals surface area contributed by atoms with Crippen LogP contribution in [0.2, 0.25) is 0 Å². The van der Waals surface area contributed by atoms with Gasteiger partial charge < -0.3 is 14.5 Å². The molecule has 0 aliphatic rings. The lowest BCUT2D eigenvalue weighted by Gasteiger charge is -2.33. The Kier molecular flexibility index (Phi) is 7.61. The highest BCUT2D eigenvalue weighted by atomic mass is 16.5. The molecule has 0 aliphatic heterocycles. The van der Waals surface area contributed by atoms with Gasteiger partial charge in [0.25, 0.3) is 5.56 Å². The van der Waals surface area contributed by atoms with Crippen molar-refractivity contribution in [2.75, 3.05) is 14.2 Å². The van der Waals surface area contributed by atoms with E-state index in [0.717, 1.165) is 16.5 Å². The zero-order valence-electron chi connectivity index (χ0n) is 23.3. The summed E-state index contributed by atoms with van der Waals surface area (Å²) in [5.41, 5.74) is 2.58. The quantitative estimate of drug-likeness (QED) is 0.292. The molecule has 3 aromatic heterocycles. The van der Waals surface area contributed by atoms with Gasteiger partial charge in [-0.05, 0) is 60.5 Å². The lowest BCUT2D eigenvalue weighted by atomic mass is 10.00. The standard InChI is InChI=1S/C30H33N7O3/c1-30(2,3)37-28(33-34-35-37)27(23-14-22-15-25(39-4)26(40-5)16-24(22)32-29(23)38)36(18-20-10-7-6-8-11-20)19-21-12-9-13-31-17-21/h6-17,27H,18-19H2,1-5H3,(H,32,38)/t27-/m1/s1. The molecular weight excluding hydrogens is 506 g/mol. The van der Waals surface area contributed by atoms with Crippen LogP contribution in [-0.4, -0.2) is 49.3 Å². The van der Waals surface area contributed by atoms with E-state index < -0.39 is 11.6 Å². The van der Waals surface area contributed by atoms with Gasteiger partial charge in [-0.3, -0.25) is 14.7 Å². The molecule has 10 heteroatoms. The normalized spacial score (nSPS) is 12.6. The molecule has 0 bridgehead atoms. The molecule has 0 unspecified atom stereocenters. The van der Waals surface area contributed by atoms with Gasteiger partial charge in [0, 0.05) is 42.5 Å². The van der Waals surface area contributed by atoms with Crippen molar-refractivity contribution in [1.29, 1.82) is 0 Å². The molecule has 5 aromatic rings. The van der Waals surface area contributed by atoms with Crippen LogP contribution in [0.4, 0.5) is 0 Å². The Bertz CT molecular complexity index is 1600. The predicted molar refractivity (Wildman–Crippen MR) is 152 cm³/mol. The Morgan fingerprint density at radius 2 is 1.65 bits per heavy atom. The van der Waals surface area contributed by atoms with Crippen molar-refractivity contribution in [2.45, 2.75) is 45.4 Å². The van der Waals surface area contributed by atoms with E-state index in [0.29, 0.717) is 41.5 Å². The molecule has 0 saturated heterocycles. The first kappa shape index (κ1) is 27.0. The molecule has 0 aliphatic carbocycles. The maximum absolute atomic E-state index is 13.8. The molecule has 1 N–H and O–H groups in total. The van der Waals surface area contributed by atoms with Crippen molar-refractivity contribution >= 4 is 10.9 Å². The summed E-state index contributed by atoms with van der Waals surface area (Å²) in [6.07, 6.45) is 3.59. The van der Waals surface area contributed by atoms with Crippen LogP contribution in [0, 0.1) is 0 Å². The summed E-state index contributed by atoms with van der Waals surface area (Å²) >= 11 is 0. The smallest absolute Gasteiger partial charge is 0.253 e. The number of H-pyrrole nitrogens is 1. The van der Waals surface area contributed by atoms with E-state index in [-0.39, 0.29) is 5.56 Å². The van der Waals surface area contributed by atoms with Gasteiger partial charge in [0.05, 0.1) is 25.3 Å². The highest BCUT2D eigenvalue weighted by Crippen LogP contribution is 2.35. The SMILES string of the molecule is COc1cc2cc([C@H](c3nnnn3C(C)(C)C)N(Cc3ccccc3)Cc3cccnc3)c(=O)[nH]c2cc1OC. The number of benzene rings is 2. The van der Waals surface area contributed by atoms with Crippen LogP contribution in [-0.2, 0) is 18.6 Å². The van der Waals surface area contributed by atoms with E-state index in [9.17, 15) is 4.79 Å². The van der Waals surface area contributed by atoms with Gasteiger partial charge in [-0.2, -0.15) is 0 Å². The molecule has 40 heavy (non-hydrogen) atoms. The van der Waals surface area contributed by atoms with Crippen LogP contribution in [0.5, 0.6) is 11.5 Å². The predicted octanol–water partition coefficient (Wildman–Crippen LogP) is 4.47. The van der Waals surface area contributed by atoms with Crippen molar-refractivity contribution in [3.05, 3.63) is 106 Å². The second-order valence-corrected chi connectivity index (χ2v) is 10.6. The summed E-state index contributed by atoms with van der Waals surface area (Å²) in [5.74, 6) is 1.67. The van der Waals surface area contributed by atoms with E-state index in [1.165, 1.54) is 0 Å². The van der Waals surface area contributed by atoms with Crippen molar-refractivity contribution in [3.8, 4) is 11.5 Å². The number of hydrogen-bond acceptors (Lipinski definition) is 8. The number of methoxy groups -OCH3 is 2. The number of nitrogens with zero attached hydrogens (tertiary/aromatic N) is 6. The molecule has 0 spiro atoms. The monoisotopic (exact) mass is 539 g/mol. The van der Waals surface area contributed by atoms with Crippen molar-refractivity contribution in [2.24, 2.45) is 0 Å². The molecule has 0 radical (unpaired) electrons. The number of pyridine rings is 2. The zero-order chi connectivity index (χ0) is 28.3. The summed E-state index contributed by atoms with van der Waals surface area (Å²) in [6, 6.07) is 19.0. The third-order valence-corrected chi connectivity index (χ3v) is 6.75. The van der Waals surface area contributed by atoms with Crippen molar-refractivity contribution in [3.63, 3.8) is 0 Å². The topological polar surface area (TPSA) is 111 Å². The summed E-state index contributed by atoms with van der Waals surface area (Å²) in [6.45, 7) is 7.16. The van der Waals surface area contributed by atoms with Crippen molar-refractivity contribution < 1.29 is 9.47 Å². The summed E-state index contributed by atoms with van der Waals surface area (Å²) in [4.78, 5) is 23.4. The third kappa shape index (κ3) is 5.57. The number of aromatic nitrogens is 6. The van der Waals surface area contributed by atoms with Crippen LogP contribution in [0.1, 0.15) is 49.3 Å². The van der Waals surface area contributed by atoms with E-state index in [1.807, 2.05) is 69.4 Å². The average Bonchev–Trinajstić information content (AvgIpc) is 3.44. The molecule has 206 valence electrons. The van der Waals surface area contributed by atoms with E-state index in [4.69, 9.17) is 9.47 Å². The fourth-order valence-electron chi connectivity index (χ4n) is 4.88. The molecule has 0 fully saturated rings. The van der Waals surface area contributed by atoms with Gasteiger partial charge in [-0.1, -0.05) is 36.4 Å². The highest BCUT2D eigenvalue weighted by Gasteiger charge is 2.33. The summed E-state index contributed by atoms with van der Waals surface area (Å²) < 4.78 is 12.8. The fourth-order valence-corrected chi connectivity index (χ4v) is 4.88. The van der Waals surface area contributed by atoms with Gasteiger partial charge in [-0.15, -0.1) is 5.10 Å². The van der Waals surface area contributed by atoms with Gasteiger partial charge >= 0.3 is 0 Å². The van der Waals surface area contributed by atoms with Gasteiger partial charge in [0.2, 0.25) is 0 Å². The van der Waals surface area contributed by atoms with Crippen LogP contribution in [0.15, 0.2) is 77.9 Å². The maximum Gasteiger partial charge on any atom is 0.253 e. The molecule has 0 amide bonds. The molecule has 1 atom stereocenters. The summed E-state index contributed by atoms with van der Waals surface area (Å²) in [5, 5.41) is 13.7. The van der Waals surface area contributed by atoms with Crippen molar-refractivity contribution in [1.82, 2.24) is 35.1 Å². The van der Waals surface area contributed by atoms with Gasteiger partial charge in [0.15, 0.2) is 17.3 Å². The number of aromatic amines is 1. The minimum absolute atomic E-state index is 0.238. The summed E-state index contributed by atoms with van der Waals surface area (Å²) in [7, 11) is 3.16. The molecule has 10 nitrogen and oxygen atoms in total. The minimum atomic E-state index is -0.587. The lowest BCUT2D eigenvalue weighted by Crippen LogP contribution is -2.37. The number of nitrogens with one attached hydrogen (secondary N) is 1. The second kappa shape index (κ2) is 11.3. The molecule has 3 heterocycles. The average molecular weight is 540 g/mol. The second-order valence-electron chi connectivity index (χ2n) is 10.6. The van der Waals surface area contributed by atoms with Crippen LogP contribution in [0.3, 0.4) is 0 Å².